The molecule has 6 nitrogen and oxygen atoms in total. The van der Waals surface area contributed by atoms with E-state index >= 15 is 0 Å². The normalized spacial score (nSPS) is 21.0. The first kappa shape index (κ1) is 15.6. The topological polar surface area (TPSA) is 52.4 Å². The smallest absolute Gasteiger partial charge is 0.213 e. The maximum atomic E-state index is 5.69. The average molecular weight is 328 g/mol. The van der Waals surface area contributed by atoms with E-state index in [-0.39, 0.29) is 0 Å². The summed E-state index contributed by atoms with van der Waals surface area (Å²) >= 11 is 0. The zero-order valence-corrected chi connectivity index (χ0v) is 14.4. The number of ether oxygens (including phenoxy) is 2. The Morgan fingerprint density at radius 3 is 3.17 bits per heavy atom. The van der Waals surface area contributed by atoms with E-state index in [0.29, 0.717) is 18.5 Å². The third-order valence-electron chi connectivity index (χ3n) is 5.07. The lowest BCUT2D eigenvalue weighted by atomic mass is 10.0. The van der Waals surface area contributed by atoms with Crippen molar-refractivity contribution in [3.05, 3.63) is 40.8 Å². The summed E-state index contributed by atoms with van der Waals surface area (Å²) in [6.45, 7) is 3.40. The quantitative estimate of drug-likeness (QED) is 0.861. The zero-order valence-electron chi connectivity index (χ0n) is 14.4. The van der Waals surface area contributed by atoms with Crippen molar-refractivity contribution in [1.29, 1.82) is 0 Å². The summed E-state index contributed by atoms with van der Waals surface area (Å²) in [7, 11) is 3.71. The van der Waals surface area contributed by atoms with Crippen LogP contribution >= 0.6 is 0 Å². The van der Waals surface area contributed by atoms with E-state index in [1.807, 2.05) is 16.8 Å². The van der Waals surface area contributed by atoms with Crippen LogP contribution in [0.1, 0.15) is 41.5 Å². The number of methoxy groups -OCH3 is 1. The largest absolute Gasteiger partial charge is 0.481 e. The molecule has 0 radical (unpaired) electrons. The molecule has 0 unspecified atom stereocenters. The SMILES string of the molecule is COc1cccc(CN2CCC[C@H]2c2nn(C)c3c2COCC3)n1. The minimum absolute atomic E-state index is 0.356. The molecule has 0 saturated carbocycles. The molecule has 2 aliphatic rings. The van der Waals surface area contributed by atoms with Crippen LogP contribution in [0.25, 0.3) is 0 Å². The van der Waals surface area contributed by atoms with E-state index in [4.69, 9.17) is 14.6 Å². The van der Waals surface area contributed by atoms with Crippen molar-refractivity contribution in [2.24, 2.45) is 7.05 Å². The molecule has 0 aliphatic carbocycles. The fourth-order valence-corrected chi connectivity index (χ4v) is 3.90. The van der Waals surface area contributed by atoms with Crippen molar-refractivity contribution in [3.63, 3.8) is 0 Å². The molecule has 1 saturated heterocycles. The molecular weight excluding hydrogens is 304 g/mol. The van der Waals surface area contributed by atoms with Crippen molar-refractivity contribution in [2.45, 2.75) is 38.5 Å². The number of likely N-dealkylation sites (tertiary alicyclic amines) is 1. The Bertz CT molecular complexity index is 728. The molecule has 2 aromatic rings. The first-order valence-corrected chi connectivity index (χ1v) is 8.62. The van der Waals surface area contributed by atoms with E-state index in [2.05, 4.69) is 23.0 Å². The van der Waals surface area contributed by atoms with Crippen molar-refractivity contribution >= 4 is 0 Å². The third kappa shape index (κ3) is 2.80. The van der Waals surface area contributed by atoms with Crippen LogP contribution in [0.15, 0.2) is 18.2 Å². The highest BCUT2D eigenvalue weighted by Crippen LogP contribution is 2.36. The van der Waals surface area contributed by atoms with Gasteiger partial charge in [-0.05, 0) is 25.5 Å². The van der Waals surface area contributed by atoms with Crippen molar-refractivity contribution < 1.29 is 9.47 Å². The number of hydrogen-bond acceptors (Lipinski definition) is 5. The molecule has 2 aromatic heterocycles. The minimum Gasteiger partial charge on any atom is -0.481 e. The lowest BCUT2D eigenvalue weighted by Crippen LogP contribution is -2.25. The molecule has 1 atom stereocenters. The first-order valence-electron chi connectivity index (χ1n) is 8.62. The van der Waals surface area contributed by atoms with Gasteiger partial charge in [-0.1, -0.05) is 6.07 Å². The van der Waals surface area contributed by atoms with Gasteiger partial charge in [0, 0.05) is 37.3 Å². The number of aromatic nitrogens is 3. The highest BCUT2D eigenvalue weighted by Gasteiger charge is 2.32. The van der Waals surface area contributed by atoms with Crippen LogP contribution in [-0.4, -0.2) is 39.9 Å². The second-order valence-corrected chi connectivity index (χ2v) is 6.54. The Labute approximate surface area is 142 Å². The lowest BCUT2D eigenvalue weighted by molar-refractivity contribution is 0.107. The van der Waals surface area contributed by atoms with Crippen LogP contribution < -0.4 is 4.74 Å². The first-order chi connectivity index (χ1) is 11.8. The van der Waals surface area contributed by atoms with Gasteiger partial charge in [0.15, 0.2) is 0 Å². The Hall–Kier alpha value is -1.92. The summed E-state index contributed by atoms with van der Waals surface area (Å²) < 4.78 is 13.0. The summed E-state index contributed by atoms with van der Waals surface area (Å²) in [4.78, 5) is 7.05. The van der Waals surface area contributed by atoms with Crippen LogP contribution in [0.4, 0.5) is 0 Å². The monoisotopic (exact) mass is 328 g/mol. The van der Waals surface area contributed by atoms with E-state index in [1.165, 1.54) is 23.4 Å². The van der Waals surface area contributed by atoms with Crippen molar-refractivity contribution in [2.75, 3.05) is 20.3 Å². The summed E-state index contributed by atoms with van der Waals surface area (Å²) in [6.07, 6.45) is 3.30. The second kappa shape index (κ2) is 6.53. The molecule has 0 amide bonds. The highest BCUT2D eigenvalue weighted by atomic mass is 16.5. The number of pyridine rings is 1. The Balaban J connectivity index is 1.59. The summed E-state index contributed by atoms with van der Waals surface area (Å²) in [5.41, 5.74) is 4.89. The van der Waals surface area contributed by atoms with Gasteiger partial charge in [0.2, 0.25) is 5.88 Å². The maximum Gasteiger partial charge on any atom is 0.213 e. The number of aryl methyl sites for hydroxylation is 1. The van der Waals surface area contributed by atoms with Crippen LogP contribution in [0.5, 0.6) is 5.88 Å². The standard InChI is InChI=1S/C18H24N4O2/c1-21-15-8-10-24-12-14(15)18(20-21)16-6-4-9-22(16)11-13-5-3-7-17(19-13)23-2/h3,5,7,16H,4,6,8-12H2,1-2H3/t16-/m0/s1. The molecule has 0 N–H and O–H groups in total. The molecule has 0 spiro atoms. The fourth-order valence-electron chi connectivity index (χ4n) is 3.90. The van der Waals surface area contributed by atoms with E-state index < -0.39 is 0 Å². The van der Waals surface area contributed by atoms with Gasteiger partial charge in [0.1, 0.15) is 0 Å². The van der Waals surface area contributed by atoms with Crippen LogP contribution in [0, 0.1) is 0 Å². The summed E-state index contributed by atoms with van der Waals surface area (Å²) in [5.74, 6) is 0.673. The van der Waals surface area contributed by atoms with Gasteiger partial charge in [0.25, 0.3) is 0 Å². The van der Waals surface area contributed by atoms with Gasteiger partial charge in [-0.15, -0.1) is 0 Å². The molecule has 6 heteroatoms. The Morgan fingerprint density at radius 2 is 2.29 bits per heavy atom. The molecular formula is C18H24N4O2. The summed E-state index contributed by atoms with van der Waals surface area (Å²) in [6, 6.07) is 6.31. The van der Waals surface area contributed by atoms with Gasteiger partial charge in [-0.2, -0.15) is 5.10 Å². The minimum atomic E-state index is 0.356. The zero-order chi connectivity index (χ0) is 16.5. The van der Waals surface area contributed by atoms with Crippen molar-refractivity contribution in [3.8, 4) is 5.88 Å². The molecule has 0 aromatic carbocycles. The van der Waals surface area contributed by atoms with Gasteiger partial charge in [-0.25, -0.2) is 4.98 Å². The van der Waals surface area contributed by atoms with Gasteiger partial charge < -0.3 is 9.47 Å². The molecule has 128 valence electrons. The predicted octanol–water partition coefficient (Wildman–Crippen LogP) is 2.23. The lowest BCUT2D eigenvalue weighted by Gasteiger charge is -2.24. The maximum absolute atomic E-state index is 5.69. The number of nitrogens with zero attached hydrogens (tertiary/aromatic N) is 4. The van der Waals surface area contributed by atoms with E-state index in [0.717, 1.165) is 38.2 Å². The molecule has 2 aliphatic heterocycles. The van der Waals surface area contributed by atoms with Crippen LogP contribution in [0.2, 0.25) is 0 Å². The van der Waals surface area contributed by atoms with E-state index in [9.17, 15) is 0 Å². The number of hydrogen-bond donors (Lipinski definition) is 0. The van der Waals surface area contributed by atoms with Gasteiger partial charge in [-0.3, -0.25) is 9.58 Å². The second-order valence-electron chi connectivity index (χ2n) is 6.54. The van der Waals surface area contributed by atoms with Crippen LogP contribution in [0.3, 0.4) is 0 Å². The predicted molar refractivity (Wildman–Crippen MR) is 89.7 cm³/mol. The molecule has 0 bridgehead atoms. The van der Waals surface area contributed by atoms with Crippen LogP contribution in [-0.2, 0) is 31.4 Å². The highest BCUT2D eigenvalue weighted by molar-refractivity contribution is 5.30. The Kier molecular flexibility index (Phi) is 4.24. The third-order valence-corrected chi connectivity index (χ3v) is 5.07. The molecule has 4 rings (SSSR count). The van der Waals surface area contributed by atoms with Gasteiger partial charge >= 0.3 is 0 Å². The summed E-state index contributed by atoms with van der Waals surface area (Å²) in [5, 5.41) is 4.85. The van der Waals surface area contributed by atoms with Gasteiger partial charge in [0.05, 0.1) is 37.8 Å². The molecule has 1 fully saturated rings. The average Bonchev–Trinajstić information content (AvgIpc) is 3.20. The Morgan fingerprint density at radius 1 is 1.38 bits per heavy atom. The number of fused-ring (bicyclic) bond motifs is 1. The fraction of sp³-hybridized carbons (Fsp3) is 0.556. The number of rotatable bonds is 4. The molecule has 4 heterocycles. The van der Waals surface area contributed by atoms with Crippen molar-refractivity contribution in [1.82, 2.24) is 19.7 Å². The van der Waals surface area contributed by atoms with E-state index in [1.54, 1.807) is 7.11 Å². The molecule has 24 heavy (non-hydrogen) atoms.